The zero-order chi connectivity index (χ0) is 19.2. The third-order valence-corrected chi connectivity index (χ3v) is 5.84. The lowest BCUT2D eigenvalue weighted by Gasteiger charge is -2.36. The molecule has 0 aliphatic carbocycles. The van der Waals surface area contributed by atoms with Crippen molar-refractivity contribution >= 4 is 28.9 Å². The van der Waals surface area contributed by atoms with Gasteiger partial charge in [0, 0.05) is 56.8 Å². The Bertz CT molecular complexity index is 790. The number of aliphatic imine (C=N–C) groups is 1. The standard InChI is InChI=1S/C19H24ClFN4OS/c1-22-19(23-11-14-2-4-17(21)15(10-14)13-26)25-8-6-24(7-9-25)12-16-3-5-18(20)27-16/h2-5,10,26H,6-9,11-13H2,1H3,(H,22,23). The second-order valence-corrected chi connectivity index (χ2v) is 8.25. The number of rotatable bonds is 5. The highest BCUT2D eigenvalue weighted by molar-refractivity contribution is 7.16. The molecule has 8 heteroatoms. The van der Waals surface area contributed by atoms with Crippen LogP contribution >= 0.6 is 22.9 Å². The quantitative estimate of drug-likeness (QED) is 0.587. The van der Waals surface area contributed by atoms with Crippen molar-refractivity contribution in [3.8, 4) is 0 Å². The van der Waals surface area contributed by atoms with Crippen LogP contribution in [0.3, 0.4) is 0 Å². The fourth-order valence-electron chi connectivity index (χ4n) is 3.15. The normalized spacial score (nSPS) is 16.0. The largest absolute Gasteiger partial charge is 0.392 e. The smallest absolute Gasteiger partial charge is 0.194 e. The maximum Gasteiger partial charge on any atom is 0.194 e. The highest BCUT2D eigenvalue weighted by atomic mass is 35.5. The van der Waals surface area contributed by atoms with Crippen LogP contribution in [-0.4, -0.2) is 54.1 Å². The molecule has 1 fully saturated rings. The number of aliphatic hydroxyl groups is 1. The van der Waals surface area contributed by atoms with Crippen molar-refractivity contribution in [3.63, 3.8) is 0 Å². The summed E-state index contributed by atoms with van der Waals surface area (Å²) in [5, 5.41) is 12.5. The van der Waals surface area contributed by atoms with E-state index >= 15 is 0 Å². The van der Waals surface area contributed by atoms with Crippen LogP contribution in [0.15, 0.2) is 35.3 Å². The number of guanidine groups is 1. The van der Waals surface area contributed by atoms with E-state index in [4.69, 9.17) is 11.6 Å². The Morgan fingerprint density at radius 3 is 2.67 bits per heavy atom. The van der Waals surface area contributed by atoms with Gasteiger partial charge >= 0.3 is 0 Å². The minimum absolute atomic E-state index is 0.300. The number of nitrogens with one attached hydrogen (secondary N) is 1. The molecule has 2 N–H and O–H groups in total. The molecule has 0 spiro atoms. The second-order valence-electron chi connectivity index (χ2n) is 6.45. The number of piperazine rings is 1. The lowest BCUT2D eigenvalue weighted by molar-refractivity contribution is 0.173. The first-order valence-corrected chi connectivity index (χ1v) is 10.1. The molecule has 1 saturated heterocycles. The molecule has 1 aliphatic heterocycles. The third kappa shape index (κ3) is 5.42. The number of thiophene rings is 1. The lowest BCUT2D eigenvalue weighted by Crippen LogP contribution is -2.51. The Morgan fingerprint density at radius 2 is 2.04 bits per heavy atom. The summed E-state index contributed by atoms with van der Waals surface area (Å²) in [7, 11) is 1.77. The van der Waals surface area contributed by atoms with Crippen LogP contribution in [0, 0.1) is 5.82 Å². The van der Waals surface area contributed by atoms with Gasteiger partial charge in [-0.05, 0) is 29.8 Å². The van der Waals surface area contributed by atoms with Gasteiger partial charge in [0.25, 0.3) is 0 Å². The summed E-state index contributed by atoms with van der Waals surface area (Å²) >= 11 is 7.64. The molecular weight excluding hydrogens is 387 g/mol. The third-order valence-electron chi connectivity index (χ3n) is 4.62. The van der Waals surface area contributed by atoms with Gasteiger partial charge in [-0.25, -0.2) is 4.39 Å². The monoisotopic (exact) mass is 410 g/mol. The first kappa shape index (κ1) is 20.1. The van der Waals surface area contributed by atoms with Gasteiger partial charge in [-0.3, -0.25) is 9.89 Å². The van der Waals surface area contributed by atoms with Gasteiger partial charge in [0.05, 0.1) is 10.9 Å². The Balaban J connectivity index is 1.50. The molecule has 0 bridgehead atoms. The first-order chi connectivity index (χ1) is 13.1. The number of hydrogen-bond donors (Lipinski definition) is 2. The molecule has 0 atom stereocenters. The van der Waals surface area contributed by atoms with Crippen molar-refractivity contribution in [2.75, 3.05) is 33.2 Å². The number of benzene rings is 1. The van der Waals surface area contributed by atoms with E-state index in [1.807, 2.05) is 6.07 Å². The highest BCUT2D eigenvalue weighted by Crippen LogP contribution is 2.23. The van der Waals surface area contributed by atoms with Crippen LogP contribution < -0.4 is 5.32 Å². The van der Waals surface area contributed by atoms with Gasteiger partial charge in [0.2, 0.25) is 0 Å². The van der Waals surface area contributed by atoms with Crippen LogP contribution in [-0.2, 0) is 19.7 Å². The second kappa shape index (κ2) is 9.50. The van der Waals surface area contributed by atoms with Crippen molar-refractivity contribution in [2.45, 2.75) is 19.7 Å². The van der Waals surface area contributed by atoms with Crippen molar-refractivity contribution in [2.24, 2.45) is 4.99 Å². The minimum Gasteiger partial charge on any atom is -0.392 e. The summed E-state index contributed by atoms with van der Waals surface area (Å²) in [6, 6.07) is 8.82. The lowest BCUT2D eigenvalue weighted by atomic mass is 10.1. The summed E-state index contributed by atoms with van der Waals surface area (Å²) < 4.78 is 14.3. The van der Waals surface area contributed by atoms with E-state index < -0.39 is 0 Å². The predicted octanol–water partition coefficient (Wildman–Crippen LogP) is 2.93. The summed E-state index contributed by atoms with van der Waals surface area (Å²) in [5.41, 5.74) is 1.22. The van der Waals surface area contributed by atoms with Crippen LogP contribution in [0.25, 0.3) is 0 Å². The average molecular weight is 411 g/mol. The van der Waals surface area contributed by atoms with Gasteiger partial charge in [-0.2, -0.15) is 0 Å². The van der Waals surface area contributed by atoms with Crippen molar-refractivity contribution in [1.82, 2.24) is 15.1 Å². The Morgan fingerprint density at radius 1 is 1.26 bits per heavy atom. The molecule has 1 aromatic heterocycles. The van der Waals surface area contributed by atoms with Gasteiger partial charge in [0.1, 0.15) is 5.82 Å². The molecule has 27 heavy (non-hydrogen) atoms. The average Bonchev–Trinajstić information content (AvgIpc) is 3.09. The van der Waals surface area contributed by atoms with Gasteiger partial charge < -0.3 is 15.3 Å². The molecule has 2 aromatic rings. The minimum atomic E-state index is -0.381. The zero-order valence-corrected chi connectivity index (χ0v) is 16.9. The first-order valence-electron chi connectivity index (χ1n) is 8.89. The van der Waals surface area contributed by atoms with Gasteiger partial charge in [0.15, 0.2) is 5.96 Å². The van der Waals surface area contributed by atoms with Gasteiger partial charge in [-0.1, -0.05) is 17.7 Å². The number of aliphatic hydroxyl groups excluding tert-OH is 1. The number of halogens is 2. The van der Waals surface area contributed by atoms with E-state index in [-0.39, 0.29) is 12.4 Å². The molecule has 1 aliphatic rings. The molecule has 0 amide bonds. The van der Waals surface area contributed by atoms with Crippen molar-refractivity contribution in [3.05, 3.63) is 56.5 Å². The highest BCUT2D eigenvalue weighted by Gasteiger charge is 2.20. The fourth-order valence-corrected chi connectivity index (χ4v) is 4.28. The molecule has 3 rings (SSSR count). The van der Waals surface area contributed by atoms with E-state index in [0.29, 0.717) is 12.1 Å². The zero-order valence-electron chi connectivity index (χ0n) is 15.3. The number of nitrogens with zero attached hydrogens (tertiary/aromatic N) is 3. The van der Waals surface area contributed by atoms with Crippen molar-refractivity contribution in [1.29, 1.82) is 0 Å². The molecule has 2 heterocycles. The molecule has 0 unspecified atom stereocenters. The summed E-state index contributed by atoms with van der Waals surface area (Å²) in [5.74, 6) is 0.456. The van der Waals surface area contributed by atoms with Crippen molar-refractivity contribution < 1.29 is 9.50 Å². The molecule has 0 radical (unpaired) electrons. The molecular formula is C19H24ClFN4OS. The Hall–Kier alpha value is -1.67. The van der Waals surface area contributed by atoms with E-state index in [9.17, 15) is 9.50 Å². The van der Waals surface area contributed by atoms with Crippen LogP contribution in [0.4, 0.5) is 4.39 Å². The van der Waals surface area contributed by atoms with Gasteiger partial charge in [-0.15, -0.1) is 11.3 Å². The van der Waals surface area contributed by atoms with E-state index in [1.54, 1.807) is 30.5 Å². The maximum atomic E-state index is 13.5. The summed E-state index contributed by atoms with van der Waals surface area (Å²) in [4.78, 5) is 10.3. The molecule has 1 aromatic carbocycles. The van der Waals surface area contributed by atoms with E-state index in [0.717, 1.165) is 48.6 Å². The number of hydrogen-bond acceptors (Lipinski definition) is 4. The molecule has 0 saturated carbocycles. The summed E-state index contributed by atoms with van der Waals surface area (Å²) in [6.45, 7) is 4.87. The topological polar surface area (TPSA) is 51.1 Å². The maximum absolute atomic E-state index is 13.5. The Kier molecular flexibility index (Phi) is 7.07. The molecule has 146 valence electrons. The summed E-state index contributed by atoms with van der Waals surface area (Å²) in [6.07, 6.45) is 0. The van der Waals surface area contributed by atoms with Crippen LogP contribution in [0.2, 0.25) is 4.34 Å². The van der Waals surface area contributed by atoms with E-state index in [1.165, 1.54) is 10.9 Å². The van der Waals surface area contributed by atoms with E-state index in [2.05, 4.69) is 26.2 Å². The molecule has 5 nitrogen and oxygen atoms in total. The predicted molar refractivity (Wildman–Crippen MR) is 109 cm³/mol. The Labute approximate surface area is 168 Å². The fraction of sp³-hybridized carbons (Fsp3) is 0.421. The SMILES string of the molecule is CN=C(NCc1ccc(F)c(CO)c1)N1CCN(Cc2ccc(Cl)s2)CC1. The van der Waals surface area contributed by atoms with Crippen LogP contribution in [0.1, 0.15) is 16.0 Å². The van der Waals surface area contributed by atoms with Crippen LogP contribution in [0.5, 0.6) is 0 Å².